The number of halogens is 1. The molecule has 0 N–H and O–H groups in total. The summed E-state index contributed by atoms with van der Waals surface area (Å²) in [5, 5.41) is 1.50. The van der Waals surface area contributed by atoms with Gasteiger partial charge in [-0.15, -0.1) is 0 Å². The maximum Gasteiger partial charge on any atom is 0.233 e. The molecule has 0 radical (unpaired) electrons. The first kappa shape index (κ1) is 11.9. The quantitative estimate of drug-likeness (QED) is 0.468. The molecular weight excluding hydrogens is 269 g/mol. The Morgan fingerprint density at radius 1 is 0.905 bits per heavy atom. The second-order valence-electron chi connectivity index (χ2n) is 4.93. The summed E-state index contributed by atoms with van der Waals surface area (Å²) < 4.78 is 13.9. The van der Waals surface area contributed by atoms with Gasteiger partial charge in [0.05, 0.1) is 5.52 Å². The number of hydrogen-bond acceptors (Lipinski definition) is 3. The van der Waals surface area contributed by atoms with Crippen LogP contribution in [0.4, 0.5) is 4.39 Å². The number of ketones is 2. The first-order chi connectivity index (χ1) is 10.1. The number of aromatic nitrogens is 1. The van der Waals surface area contributed by atoms with Gasteiger partial charge >= 0.3 is 0 Å². The van der Waals surface area contributed by atoms with Crippen molar-refractivity contribution in [1.82, 2.24) is 4.98 Å². The van der Waals surface area contributed by atoms with Gasteiger partial charge in [-0.1, -0.05) is 18.2 Å². The van der Waals surface area contributed by atoms with Crippen molar-refractivity contribution in [2.24, 2.45) is 0 Å². The van der Waals surface area contributed by atoms with Gasteiger partial charge in [0.2, 0.25) is 11.6 Å². The van der Waals surface area contributed by atoms with Gasteiger partial charge in [0.1, 0.15) is 11.3 Å². The van der Waals surface area contributed by atoms with Crippen molar-refractivity contribution in [3.8, 4) is 0 Å². The van der Waals surface area contributed by atoms with Gasteiger partial charge in [-0.2, -0.15) is 0 Å². The van der Waals surface area contributed by atoms with Gasteiger partial charge < -0.3 is 0 Å². The van der Waals surface area contributed by atoms with E-state index in [1.54, 1.807) is 30.3 Å². The lowest BCUT2D eigenvalue weighted by Crippen LogP contribution is -2.16. The van der Waals surface area contributed by atoms with Crippen LogP contribution >= 0.6 is 0 Å². The fourth-order valence-electron chi connectivity index (χ4n) is 2.65. The van der Waals surface area contributed by atoms with Crippen LogP contribution in [0.15, 0.2) is 42.5 Å². The van der Waals surface area contributed by atoms with E-state index in [-0.39, 0.29) is 5.52 Å². The number of rotatable bonds is 0. The summed E-state index contributed by atoms with van der Waals surface area (Å²) in [5.74, 6) is -1.51. The van der Waals surface area contributed by atoms with E-state index in [0.717, 1.165) is 5.39 Å². The number of hydrogen-bond donors (Lipinski definition) is 0. The number of nitrogens with zero attached hydrogens (tertiary/aromatic N) is 1. The highest BCUT2D eigenvalue weighted by Crippen LogP contribution is 2.29. The summed E-state index contributed by atoms with van der Waals surface area (Å²) in [6.45, 7) is 0. The van der Waals surface area contributed by atoms with E-state index in [0.29, 0.717) is 22.0 Å². The third-order valence-corrected chi connectivity index (χ3v) is 3.67. The number of Topliss-reactive ketones (excluding diaryl/α,β-unsaturated/α-hetero) is 1. The Balaban J connectivity index is 2.16. The molecule has 0 amide bonds. The normalized spacial score (nSPS) is 14.0. The zero-order valence-corrected chi connectivity index (χ0v) is 10.8. The largest absolute Gasteiger partial charge is 0.286 e. The molecular formula is C17H8FNO2. The number of carbonyl (C=O) groups excluding carboxylic acids is 2. The minimum atomic E-state index is -0.551. The molecule has 1 heterocycles. The van der Waals surface area contributed by atoms with E-state index < -0.39 is 17.4 Å². The van der Waals surface area contributed by atoms with E-state index >= 15 is 0 Å². The van der Waals surface area contributed by atoms with Crippen LogP contribution in [0, 0.1) is 5.82 Å². The molecule has 0 atom stereocenters. The van der Waals surface area contributed by atoms with Gasteiger partial charge in [0, 0.05) is 21.9 Å². The highest BCUT2D eigenvalue weighted by atomic mass is 19.1. The van der Waals surface area contributed by atoms with Crippen LogP contribution in [0.1, 0.15) is 15.9 Å². The molecule has 0 fully saturated rings. The van der Waals surface area contributed by atoms with Crippen LogP contribution in [0.5, 0.6) is 0 Å². The Kier molecular flexibility index (Phi) is 2.30. The fraction of sp³-hybridized carbons (Fsp3) is 0. The van der Waals surface area contributed by atoms with Gasteiger partial charge in [-0.3, -0.25) is 9.59 Å². The third-order valence-electron chi connectivity index (χ3n) is 3.67. The minimum Gasteiger partial charge on any atom is -0.286 e. The van der Waals surface area contributed by atoms with Crippen molar-refractivity contribution in [1.29, 1.82) is 0 Å². The molecule has 0 saturated heterocycles. The molecule has 1 aromatic heterocycles. The molecule has 1 aliphatic rings. The van der Waals surface area contributed by atoms with Crippen LogP contribution in [0.3, 0.4) is 0 Å². The summed E-state index contributed by atoms with van der Waals surface area (Å²) in [7, 11) is 0. The van der Waals surface area contributed by atoms with Crippen molar-refractivity contribution in [2.75, 3.05) is 0 Å². The molecule has 4 rings (SSSR count). The van der Waals surface area contributed by atoms with E-state index in [1.807, 2.05) is 6.07 Å². The van der Waals surface area contributed by atoms with Gasteiger partial charge in [0.15, 0.2) is 0 Å². The summed E-state index contributed by atoms with van der Waals surface area (Å²) in [5.41, 5.74) is 1.68. The Morgan fingerprint density at radius 2 is 1.71 bits per heavy atom. The summed E-state index contributed by atoms with van der Waals surface area (Å²) >= 11 is 0. The lowest BCUT2D eigenvalue weighted by atomic mass is 9.92. The second-order valence-corrected chi connectivity index (χ2v) is 4.93. The number of benzene rings is 2. The molecule has 0 bridgehead atoms. The summed E-state index contributed by atoms with van der Waals surface area (Å²) in [4.78, 5) is 27.7. The fourth-order valence-corrected chi connectivity index (χ4v) is 2.65. The monoisotopic (exact) mass is 277 g/mol. The molecule has 21 heavy (non-hydrogen) atoms. The maximum atomic E-state index is 13.9. The van der Waals surface area contributed by atoms with Crippen LogP contribution in [0.25, 0.3) is 27.9 Å². The number of carbonyl (C=O) groups is 2. The van der Waals surface area contributed by atoms with E-state index in [9.17, 15) is 14.0 Å². The Labute approximate surface area is 118 Å². The first-order valence-electron chi connectivity index (χ1n) is 6.44. The van der Waals surface area contributed by atoms with Crippen LogP contribution in [-0.2, 0) is 4.79 Å². The SMILES string of the molecule is O=C1C=Cc2c(ccc3cc4cccc(F)c4nc23)C1=O. The van der Waals surface area contributed by atoms with Crippen molar-refractivity contribution < 1.29 is 14.0 Å². The lowest BCUT2D eigenvalue weighted by Gasteiger charge is -2.12. The summed E-state index contributed by atoms with van der Waals surface area (Å²) in [6, 6.07) is 9.95. The first-order valence-corrected chi connectivity index (χ1v) is 6.44. The van der Waals surface area contributed by atoms with Crippen LogP contribution < -0.4 is 0 Å². The standard InChI is InChI=1S/C17H8FNO2/c18-13-3-1-2-9-8-10-4-5-12-11(15(10)19-16(9)13)6-7-14(20)17(12)21/h1-8H. The van der Waals surface area contributed by atoms with Crippen molar-refractivity contribution in [3.05, 3.63) is 59.4 Å². The highest BCUT2D eigenvalue weighted by molar-refractivity contribution is 6.50. The molecule has 100 valence electrons. The Morgan fingerprint density at radius 3 is 2.57 bits per heavy atom. The highest BCUT2D eigenvalue weighted by Gasteiger charge is 2.23. The van der Waals surface area contributed by atoms with E-state index in [2.05, 4.69) is 4.98 Å². The molecule has 4 heteroatoms. The van der Waals surface area contributed by atoms with Crippen molar-refractivity contribution in [2.45, 2.75) is 0 Å². The van der Waals surface area contributed by atoms with Crippen molar-refractivity contribution >= 4 is 39.4 Å². The smallest absolute Gasteiger partial charge is 0.233 e. The Bertz CT molecular complexity index is 989. The van der Waals surface area contributed by atoms with Gasteiger partial charge in [0.25, 0.3) is 0 Å². The number of fused-ring (bicyclic) bond motifs is 4. The molecule has 0 aliphatic heterocycles. The van der Waals surface area contributed by atoms with E-state index in [4.69, 9.17) is 0 Å². The molecule has 1 aliphatic carbocycles. The predicted octanol–water partition coefficient (Wildman–Crippen LogP) is 3.31. The van der Waals surface area contributed by atoms with E-state index in [1.165, 1.54) is 12.1 Å². The zero-order valence-electron chi connectivity index (χ0n) is 10.8. The average molecular weight is 277 g/mol. The van der Waals surface area contributed by atoms with Crippen molar-refractivity contribution in [3.63, 3.8) is 0 Å². The zero-order chi connectivity index (χ0) is 14.6. The molecule has 2 aromatic carbocycles. The lowest BCUT2D eigenvalue weighted by molar-refractivity contribution is -0.110. The van der Waals surface area contributed by atoms with Gasteiger partial charge in [-0.25, -0.2) is 9.37 Å². The molecule has 3 aromatic rings. The molecule has 3 nitrogen and oxygen atoms in total. The number of para-hydroxylation sites is 1. The minimum absolute atomic E-state index is 0.260. The summed E-state index contributed by atoms with van der Waals surface area (Å²) in [6.07, 6.45) is 2.80. The maximum absolute atomic E-state index is 13.9. The predicted molar refractivity (Wildman–Crippen MR) is 77.6 cm³/mol. The number of allylic oxidation sites excluding steroid dienone is 1. The Hall–Kier alpha value is -2.88. The molecule has 0 unspecified atom stereocenters. The molecule has 0 saturated carbocycles. The van der Waals surface area contributed by atoms with Crippen LogP contribution in [-0.4, -0.2) is 16.6 Å². The topological polar surface area (TPSA) is 47.0 Å². The van der Waals surface area contributed by atoms with Gasteiger partial charge in [-0.05, 0) is 30.4 Å². The molecule has 0 spiro atoms. The number of pyridine rings is 1. The second kappa shape index (κ2) is 4.06. The van der Waals surface area contributed by atoms with Crippen LogP contribution in [0.2, 0.25) is 0 Å². The third kappa shape index (κ3) is 1.62. The average Bonchev–Trinajstić information content (AvgIpc) is 2.49.